The molecule has 0 radical (unpaired) electrons. The summed E-state index contributed by atoms with van der Waals surface area (Å²) in [6.45, 7) is 1.93. The molecule has 0 saturated carbocycles. The average molecular weight is 442 g/mol. The smallest absolute Gasteiger partial charge is 0.365 e. The van der Waals surface area contributed by atoms with Gasteiger partial charge in [0.15, 0.2) is 0 Å². The number of aromatic nitrogens is 2. The highest BCUT2D eigenvalue weighted by atomic mass is 79.9. The molecule has 0 fully saturated rings. The van der Waals surface area contributed by atoms with Crippen molar-refractivity contribution in [1.29, 1.82) is 0 Å². The van der Waals surface area contributed by atoms with Gasteiger partial charge in [-0.05, 0) is 51.6 Å². The minimum Gasteiger partial charge on any atom is -0.365 e. The highest BCUT2D eigenvalue weighted by Crippen LogP contribution is 2.39. The van der Waals surface area contributed by atoms with E-state index in [4.69, 9.17) is 5.73 Å². The van der Waals surface area contributed by atoms with Gasteiger partial charge in [0.1, 0.15) is 16.0 Å². The molecular weight excluding hydrogens is 426 g/mol. The van der Waals surface area contributed by atoms with Crippen LogP contribution in [-0.2, 0) is 24.2 Å². The predicted molar refractivity (Wildman–Crippen MR) is 99.2 cm³/mol. The number of thiophene rings is 1. The number of nitrogens with one attached hydrogen (secondary N) is 1. The summed E-state index contributed by atoms with van der Waals surface area (Å²) in [5.74, 6) is -0.850. The second-order valence-electron chi connectivity index (χ2n) is 6.22. The van der Waals surface area contributed by atoms with E-state index in [0.717, 1.165) is 34.4 Å². The van der Waals surface area contributed by atoms with Gasteiger partial charge in [0.05, 0.1) is 16.9 Å². The lowest BCUT2D eigenvalue weighted by Gasteiger charge is -2.18. The third-order valence-electron chi connectivity index (χ3n) is 4.19. The van der Waals surface area contributed by atoms with Crippen LogP contribution in [0.2, 0.25) is 0 Å². The molecule has 1 unspecified atom stereocenters. The molecule has 3 rings (SSSR count). The second kappa shape index (κ2) is 7.16. The molecule has 2 aromatic rings. The highest BCUT2D eigenvalue weighted by molar-refractivity contribution is 9.10. The van der Waals surface area contributed by atoms with Crippen LogP contribution < -0.4 is 11.1 Å². The first kappa shape index (κ1) is 18.5. The molecule has 9 nitrogen and oxygen atoms in total. The molecule has 1 atom stereocenters. The Kier molecular flexibility index (Phi) is 5.10. The third-order valence-corrected chi connectivity index (χ3v) is 5.92. The average Bonchev–Trinajstić information content (AvgIpc) is 3.06. The number of halogens is 1. The van der Waals surface area contributed by atoms with Crippen molar-refractivity contribution in [3.05, 3.63) is 36.8 Å². The molecule has 138 valence electrons. The molecule has 0 aliphatic heterocycles. The van der Waals surface area contributed by atoms with Gasteiger partial charge < -0.3 is 21.2 Å². The van der Waals surface area contributed by atoms with Gasteiger partial charge in [-0.2, -0.15) is 4.68 Å². The van der Waals surface area contributed by atoms with Crippen LogP contribution >= 0.6 is 27.3 Å². The van der Waals surface area contributed by atoms with Gasteiger partial charge in [0, 0.05) is 4.88 Å². The number of hydrogen-bond acceptors (Lipinski definition) is 6. The van der Waals surface area contributed by atoms with Gasteiger partial charge >= 0.3 is 5.82 Å². The Morgan fingerprint density at radius 3 is 2.92 bits per heavy atom. The molecule has 0 bridgehead atoms. The van der Waals surface area contributed by atoms with E-state index in [1.807, 2.05) is 0 Å². The van der Waals surface area contributed by atoms with Gasteiger partial charge in [-0.25, -0.2) is 0 Å². The summed E-state index contributed by atoms with van der Waals surface area (Å²) >= 11 is 4.40. The van der Waals surface area contributed by atoms with Crippen LogP contribution in [0.4, 0.5) is 10.8 Å². The molecule has 0 spiro atoms. The first-order chi connectivity index (χ1) is 12.3. The first-order valence-electron chi connectivity index (χ1n) is 7.87. The summed E-state index contributed by atoms with van der Waals surface area (Å²) < 4.78 is 1.35. The zero-order valence-electron chi connectivity index (χ0n) is 13.8. The summed E-state index contributed by atoms with van der Waals surface area (Å²) in [5, 5.41) is 17.7. The van der Waals surface area contributed by atoms with Gasteiger partial charge in [0.2, 0.25) is 5.91 Å². The monoisotopic (exact) mass is 441 g/mol. The number of fused-ring (bicyclic) bond motifs is 1. The fourth-order valence-electron chi connectivity index (χ4n) is 3.00. The number of rotatable bonds is 5. The van der Waals surface area contributed by atoms with E-state index in [0.29, 0.717) is 16.5 Å². The largest absolute Gasteiger partial charge is 0.404 e. The summed E-state index contributed by atoms with van der Waals surface area (Å²) in [4.78, 5) is 35.5. The quantitative estimate of drug-likeness (QED) is 0.542. The number of nitrogens with zero attached hydrogens (tertiary/aromatic N) is 3. The summed E-state index contributed by atoms with van der Waals surface area (Å²) in [5.41, 5.74) is 6.82. The summed E-state index contributed by atoms with van der Waals surface area (Å²) in [7, 11) is 0. The van der Waals surface area contributed by atoms with Gasteiger partial charge in [0.25, 0.3) is 5.91 Å². The van der Waals surface area contributed by atoms with Crippen LogP contribution in [0.25, 0.3) is 0 Å². The predicted octanol–water partition coefficient (Wildman–Crippen LogP) is 2.48. The molecule has 11 heteroatoms. The second-order valence-corrected chi connectivity index (χ2v) is 8.18. The highest BCUT2D eigenvalue weighted by Gasteiger charge is 2.27. The number of nitrogens with two attached hydrogens (primary N) is 1. The fourth-order valence-corrected chi connectivity index (χ4v) is 4.90. The van der Waals surface area contributed by atoms with Crippen molar-refractivity contribution in [1.82, 2.24) is 9.78 Å². The van der Waals surface area contributed by atoms with Crippen molar-refractivity contribution >= 4 is 49.9 Å². The molecular formula is C15H16BrN5O4S. The van der Waals surface area contributed by atoms with E-state index in [1.165, 1.54) is 17.5 Å². The number of carbonyl (C=O) groups excluding carboxylic acids is 2. The number of primary amides is 1. The van der Waals surface area contributed by atoms with Crippen LogP contribution in [0.15, 0.2) is 10.7 Å². The Hall–Kier alpha value is -2.27. The topological polar surface area (TPSA) is 133 Å². The molecule has 2 aromatic heterocycles. The SMILES string of the molecule is CC1CCc2c(sc(NC(=O)Cn3cc(Br)c([N+](=O)[O-])n3)c2C(N)=O)C1. The van der Waals surface area contributed by atoms with Gasteiger partial charge in [-0.1, -0.05) is 6.92 Å². The number of carbonyl (C=O) groups is 2. The van der Waals surface area contributed by atoms with Crippen molar-refractivity contribution in [2.24, 2.45) is 11.7 Å². The fraction of sp³-hybridized carbons (Fsp3) is 0.400. The standard InChI is InChI=1S/C15H16BrN5O4S/c1-7-2-3-8-10(4-7)26-15(12(8)13(17)23)18-11(22)6-20-5-9(16)14(19-20)21(24)25/h5,7H,2-4,6H2,1H3,(H2,17,23)(H,18,22). The van der Waals surface area contributed by atoms with E-state index in [-0.39, 0.29) is 16.8 Å². The zero-order chi connectivity index (χ0) is 19.0. The molecule has 0 aromatic carbocycles. The van der Waals surface area contributed by atoms with E-state index in [9.17, 15) is 19.7 Å². The maximum Gasteiger partial charge on any atom is 0.404 e. The molecule has 2 heterocycles. The maximum absolute atomic E-state index is 12.3. The van der Waals surface area contributed by atoms with E-state index in [2.05, 4.69) is 33.3 Å². The van der Waals surface area contributed by atoms with Crippen molar-refractivity contribution in [2.75, 3.05) is 5.32 Å². The van der Waals surface area contributed by atoms with Gasteiger partial charge in [-0.15, -0.1) is 11.3 Å². The first-order valence-corrected chi connectivity index (χ1v) is 9.48. The lowest BCUT2D eigenvalue weighted by molar-refractivity contribution is -0.390. The number of hydrogen-bond donors (Lipinski definition) is 2. The van der Waals surface area contributed by atoms with Crippen LogP contribution in [-0.4, -0.2) is 26.5 Å². The van der Waals surface area contributed by atoms with Crippen LogP contribution in [0.5, 0.6) is 0 Å². The minimum atomic E-state index is -0.641. The maximum atomic E-state index is 12.3. The number of nitro groups is 1. The molecule has 26 heavy (non-hydrogen) atoms. The minimum absolute atomic E-state index is 0.189. The van der Waals surface area contributed by atoms with E-state index < -0.39 is 16.7 Å². The number of amides is 2. The normalized spacial score (nSPS) is 16.2. The van der Waals surface area contributed by atoms with Crippen LogP contribution in [0.1, 0.15) is 34.1 Å². The van der Waals surface area contributed by atoms with Crippen molar-refractivity contribution in [3.63, 3.8) is 0 Å². The Bertz CT molecular complexity index is 906. The Balaban J connectivity index is 1.80. The Labute approximate surface area is 160 Å². The Morgan fingerprint density at radius 2 is 2.31 bits per heavy atom. The molecule has 2 amide bonds. The van der Waals surface area contributed by atoms with E-state index >= 15 is 0 Å². The third kappa shape index (κ3) is 3.63. The van der Waals surface area contributed by atoms with Crippen LogP contribution in [0.3, 0.4) is 0 Å². The lowest BCUT2D eigenvalue weighted by atomic mass is 9.88. The summed E-state index contributed by atoms with van der Waals surface area (Å²) in [6, 6.07) is 0. The summed E-state index contributed by atoms with van der Waals surface area (Å²) in [6.07, 6.45) is 3.95. The van der Waals surface area contributed by atoms with Gasteiger partial charge in [-0.3, -0.25) is 9.59 Å². The Morgan fingerprint density at radius 1 is 1.58 bits per heavy atom. The van der Waals surface area contributed by atoms with Crippen molar-refractivity contribution < 1.29 is 14.5 Å². The van der Waals surface area contributed by atoms with E-state index in [1.54, 1.807) is 0 Å². The van der Waals surface area contributed by atoms with Crippen molar-refractivity contribution in [2.45, 2.75) is 32.7 Å². The molecule has 1 aliphatic rings. The lowest BCUT2D eigenvalue weighted by Crippen LogP contribution is -2.22. The molecule has 0 saturated heterocycles. The van der Waals surface area contributed by atoms with Crippen LogP contribution in [0, 0.1) is 16.0 Å². The molecule has 1 aliphatic carbocycles. The molecule has 3 N–H and O–H groups in total. The number of anilines is 1. The van der Waals surface area contributed by atoms with Crippen molar-refractivity contribution in [3.8, 4) is 0 Å². The zero-order valence-corrected chi connectivity index (χ0v) is 16.2.